The largest absolute Gasteiger partial charge is 0.465 e. The zero-order valence-corrected chi connectivity index (χ0v) is 11.6. The Morgan fingerprint density at radius 3 is 2.90 bits per heavy atom. The van der Waals surface area contributed by atoms with Gasteiger partial charge in [0.25, 0.3) is 11.8 Å². The maximum Gasteiger partial charge on any atom is 0.391 e. The summed E-state index contributed by atoms with van der Waals surface area (Å²) < 4.78 is 47.9. The van der Waals surface area contributed by atoms with Gasteiger partial charge in [0, 0.05) is 12.1 Å². The summed E-state index contributed by atoms with van der Waals surface area (Å²) in [6.07, 6.45) is -3.12. The number of alkyl halides is 3. The number of aryl methyl sites for hydroxylation is 1. The minimum atomic E-state index is -4.20. The van der Waals surface area contributed by atoms with Crippen LogP contribution in [-0.2, 0) is 4.79 Å². The van der Waals surface area contributed by atoms with Crippen LogP contribution in [0.4, 0.5) is 13.2 Å². The van der Waals surface area contributed by atoms with Crippen LogP contribution in [0, 0.1) is 12.8 Å². The number of aromatic nitrogens is 1. The minimum Gasteiger partial charge on any atom is -0.465 e. The van der Waals surface area contributed by atoms with Gasteiger partial charge in [-0.05, 0) is 31.3 Å². The van der Waals surface area contributed by atoms with E-state index in [4.69, 9.17) is 9.26 Å². The summed E-state index contributed by atoms with van der Waals surface area (Å²) in [5, 5.41) is 6.13. The monoisotopic (exact) mass is 306 g/mol. The predicted octanol–water partition coefficient (Wildman–Crippen LogP) is 2.60. The van der Waals surface area contributed by atoms with E-state index in [1.54, 1.807) is 6.92 Å². The average Bonchev–Trinajstić information content (AvgIpc) is 2.82. The Morgan fingerprint density at radius 2 is 2.29 bits per heavy atom. The fourth-order valence-corrected chi connectivity index (χ4v) is 2.44. The summed E-state index contributed by atoms with van der Waals surface area (Å²) >= 11 is 0. The zero-order valence-electron chi connectivity index (χ0n) is 11.6. The maximum atomic E-state index is 12.7. The van der Waals surface area contributed by atoms with Gasteiger partial charge in [-0.2, -0.15) is 13.2 Å². The molecular formula is C13H17F3N2O3. The molecule has 1 N–H and O–H groups in total. The summed E-state index contributed by atoms with van der Waals surface area (Å²) in [4.78, 5) is 11.7. The molecule has 1 heterocycles. The van der Waals surface area contributed by atoms with Gasteiger partial charge in [0.2, 0.25) is 0 Å². The van der Waals surface area contributed by atoms with E-state index in [1.807, 2.05) is 0 Å². The normalized spacial score (nSPS) is 22.9. The molecule has 1 amide bonds. The van der Waals surface area contributed by atoms with Crippen molar-refractivity contribution in [3.05, 3.63) is 11.8 Å². The standard InChI is InChI=1S/C13H17F3N2O3/c1-8-5-12(18-21-8)20-7-11(19)17-10-4-2-3-9(6-10)13(14,15)16/h5,9-10H,2-4,6-7H2,1H3,(H,17,19)/t9-,10+/m1/s1. The van der Waals surface area contributed by atoms with Crippen molar-refractivity contribution in [2.24, 2.45) is 5.92 Å². The molecule has 1 saturated carbocycles. The van der Waals surface area contributed by atoms with Crippen LogP contribution in [0.1, 0.15) is 31.4 Å². The molecule has 0 aromatic carbocycles. The molecule has 1 aliphatic carbocycles. The molecule has 2 rings (SSSR count). The Balaban J connectivity index is 1.77. The van der Waals surface area contributed by atoms with Crippen LogP contribution in [-0.4, -0.2) is 29.9 Å². The van der Waals surface area contributed by atoms with Gasteiger partial charge in [0.05, 0.1) is 5.92 Å². The summed E-state index contributed by atoms with van der Waals surface area (Å²) in [7, 11) is 0. The van der Waals surface area contributed by atoms with Crippen LogP contribution >= 0.6 is 0 Å². The quantitative estimate of drug-likeness (QED) is 0.928. The van der Waals surface area contributed by atoms with Crippen molar-refractivity contribution in [3.8, 4) is 5.88 Å². The minimum absolute atomic E-state index is 0.0711. The SMILES string of the molecule is Cc1cc(OCC(=O)N[C@H]2CCC[C@@H](C(F)(F)F)C2)no1. The van der Waals surface area contributed by atoms with Crippen molar-refractivity contribution in [1.82, 2.24) is 10.5 Å². The number of carbonyl (C=O) groups is 1. The van der Waals surface area contributed by atoms with Crippen molar-refractivity contribution in [2.45, 2.75) is 44.8 Å². The second-order valence-electron chi connectivity index (χ2n) is 5.23. The van der Waals surface area contributed by atoms with E-state index in [-0.39, 0.29) is 25.3 Å². The topological polar surface area (TPSA) is 64.4 Å². The van der Waals surface area contributed by atoms with E-state index in [2.05, 4.69) is 10.5 Å². The number of nitrogens with zero attached hydrogens (tertiary/aromatic N) is 1. The van der Waals surface area contributed by atoms with Gasteiger partial charge in [-0.15, -0.1) is 0 Å². The lowest BCUT2D eigenvalue weighted by Gasteiger charge is -2.30. The van der Waals surface area contributed by atoms with Crippen LogP contribution in [0.5, 0.6) is 5.88 Å². The zero-order chi connectivity index (χ0) is 15.5. The van der Waals surface area contributed by atoms with Gasteiger partial charge >= 0.3 is 6.18 Å². The molecule has 0 radical (unpaired) electrons. The molecule has 0 bridgehead atoms. The highest BCUT2D eigenvalue weighted by atomic mass is 19.4. The number of hydrogen-bond acceptors (Lipinski definition) is 4. The predicted molar refractivity (Wildman–Crippen MR) is 66.7 cm³/mol. The average molecular weight is 306 g/mol. The Morgan fingerprint density at radius 1 is 1.52 bits per heavy atom. The van der Waals surface area contributed by atoms with Gasteiger partial charge in [0.15, 0.2) is 6.61 Å². The summed E-state index contributed by atoms with van der Waals surface area (Å²) in [6, 6.07) is 1.06. The Bertz CT molecular complexity index is 487. The molecular weight excluding hydrogens is 289 g/mol. The Kier molecular flexibility index (Phi) is 4.74. The molecule has 0 unspecified atom stereocenters. The van der Waals surface area contributed by atoms with Crippen molar-refractivity contribution >= 4 is 5.91 Å². The molecule has 0 spiro atoms. The third kappa shape index (κ3) is 4.64. The second-order valence-corrected chi connectivity index (χ2v) is 5.23. The number of amides is 1. The fraction of sp³-hybridized carbons (Fsp3) is 0.692. The van der Waals surface area contributed by atoms with E-state index in [0.717, 1.165) is 0 Å². The molecule has 0 aliphatic heterocycles. The van der Waals surface area contributed by atoms with Crippen molar-refractivity contribution < 1.29 is 27.2 Å². The number of carbonyl (C=O) groups excluding carboxylic acids is 1. The molecule has 0 saturated heterocycles. The highest BCUT2D eigenvalue weighted by molar-refractivity contribution is 5.77. The highest BCUT2D eigenvalue weighted by Crippen LogP contribution is 2.37. The first-order valence-electron chi connectivity index (χ1n) is 6.77. The number of halogens is 3. The molecule has 1 aromatic heterocycles. The molecule has 1 aromatic rings. The third-order valence-electron chi connectivity index (χ3n) is 3.46. The van der Waals surface area contributed by atoms with E-state index in [1.165, 1.54) is 6.07 Å². The van der Waals surface area contributed by atoms with Gasteiger partial charge in [-0.1, -0.05) is 6.42 Å². The molecule has 1 fully saturated rings. The third-order valence-corrected chi connectivity index (χ3v) is 3.46. The van der Waals surface area contributed by atoms with E-state index in [9.17, 15) is 18.0 Å². The molecule has 21 heavy (non-hydrogen) atoms. The van der Waals surface area contributed by atoms with E-state index >= 15 is 0 Å². The first-order valence-corrected chi connectivity index (χ1v) is 6.77. The second kappa shape index (κ2) is 6.36. The van der Waals surface area contributed by atoms with Crippen LogP contribution < -0.4 is 10.1 Å². The lowest BCUT2D eigenvalue weighted by molar-refractivity contribution is -0.184. The van der Waals surface area contributed by atoms with Gasteiger partial charge < -0.3 is 14.6 Å². The lowest BCUT2D eigenvalue weighted by Crippen LogP contribution is -2.43. The van der Waals surface area contributed by atoms with Crippen molar-refractivity contribution in [3.63, 3.8) is 0 Å². The first-order chi connectivity index (χ1) is 9.84. The molecule has 5 nitrogen and oxygen atoms in total. The van der Waals surface area contributed by atoms with Crippen molar-refractivity contribution in [2.75, 3.05) is 6.61 Å². The molecule has 2 atom stereocenters. The van der Waals surface area contributed by atoms with Gasteiger partial charge in [-0.25, -0.2) is 0 Å². The molecule has 1 aliphatic rings. The number of ether oxygens (including phenoxy) is 1. The maximum absolute atomic E-state index is 12.7. The van der Waals surface area contributed by atoms with Crippen LogP contribution in [0.2, 0.25) is 0 Å². The number of nitrogens with one attached hydrogen (secondary N) is 1. The van der Waals surface area contributed by atoms with Gasteiger partial charge in [0.1, 0.15) is 5.76 Å². The smallest absolute Gasteiger partial charge is 0.391 e. The number of rotatable bonds is 4. The Hall–Kier alpha value is -1.73. The summed E-state index contributed by atoms with van der Waals surface area (Å²) in [5.41, 5.74) is 0. The first kappa shape index (κ1) is 15.7. The fourth-order valence-electron chi connectivity index (χ4n) is 2.44. The molecule has 8 heteroatoms. The highest BCUT2D eigenvalue weighted by Gasteiger charge is 2.42. The van der Waals surface area contributed by atoms with Crippen LogP contribution in [0.25, 0.3) is 0 Å². The van der Waals surface area contributed by atoms with E-state index in [0.29, 0.717) is 18.6 Å². The lowest BCUT2D eigenvalue weighted by atomic mass is 9.85. The number of hydrogen-bond donors (Lipinski definition) is 1. The van der Waals surface area contributed by atoms with Crippen molar-refractivity contribution in [1.29, 1.82) is 0 Å². The van der Waals surface area contributed by atoms with Gasteiger partial charge in [-0.3, -0.25) is 4.79 Å². The molecule has 118 valence electrons. The van der Waals surface area contributed by atoms with Crippen LogP contribution in [0.15, 0.2) is 10.6 Å². The van der Waals surface area contributed by atoms with Crippen LogP contribution in [0.3, 0.4) is 0 Å². The Labute approximate surface area is 119 Å². The summed E-state index contributed by atoms with van der Waals surface area (Å²) in [6.45, 7) is 1.39. The van der Waals surface area contributed by atoms with E-state index < -0.39 is 24.0 Å². The summed E-state index contributed by atoms with van der Waals surface area (Å²) in [5.74, 6) is -1.07.